The molecule has 0 aliphatic carbocycles. The fourth-order valence-corrected chi connectivity index (χ4v) is 5.74. The Kier molecular flexibility index (Phi) is 7.26. The van der Waals surface area contributed by atoms with E-state index in [1.807, 2.05) is 0 Å². The van der Waals surface area contributed by atoms with E-state index in [9.17, 15) is 40.3 Å². The number of halogens is 7. The number of fused-ring (bicyclic) bond motifs is 1. The number of thioether (sulfide) groups is 1. The molecule has 2 heterocycles. The van der Waals surface area contributed by atoms with Crippen LogP contribution in [0.3, 0.4) is 0 Å². The quantitative estimate of drug-likeness (QED) is 0.271. The number of hydrogen-bond donors (Lipinski definition) is 0. The van der Waals surface area contributed by atoms with E-state index in [1.54, 1.807) is 0 Å². The van der Waals surface area contributed by atoms with Gasteiger partial charge in [-0.1, -0.05) is 18.2 Å². The number of nitrogens with zero attached hydrogens (tertiary/aromatic N) is 1. The maximum atomic E-state index is 14.7. The highest BCUT2D eigenvalue weighted by molar-refractivity contribution is 7.99. The fourth-order valence-electron chi connectivity index (χ4n) is 4.39. The van der Waals surface area contributed by atoms with Gasteiger partial charge in [-0.15, -0.1) is 24.9 Å². The molecule has 202 valence electrons. The Hall–Kier alpha value is -3.48. The van der Waals surface area contributed by atoms with E-state index in [1.165, 1.54) is 19.1 Å². The van der Waals surface area contributed by atoms with Gasteiger partial charge in [-0.2, -0.15) is 13.2 Å². The fraction of sp³-hybridized carbons (Fsp3) is 0.280. The lowest BCUT2D eigenvalue weighted by Crippen LogP contribution is -2.32. The van der Waals surface area contributed by atoms with E-state index in [-0.39, 0.29) is 33.0 Å². The Bertz CT molecular complexity index is 1460. The third kappa shape index (κ3) is 5.24. The van der Waals surface area contributed by atoms with Crippen molar-refractivity contribution in [1.29, 1.82) is 0 Å². The molecule has 13 heteroatoms. The van der Waals surface area contributed by atoms with Gasteiger partial charge in [-0.25, -0.2) is 9.18 Å². The summed E-state index contributed by atoms with van der Waals surface area (Å²) >= 11 is 1.01. The summed E-state index contributed by atoms with van der Waals surface area (Å²) in [5.74, 6) is -2.54. The smallest absolute Gasteiger partial charge is 0.467 e. The summed E-state index contributed by atoms with van der Waals surface area (Å²) in [6, 6.07) is 5.87. The number of ether oxygens (including phenoxy) is 2. The van der Waals surface area contributed by atoms with Crippen LogP contribution < -0.4 is 10.3 Å². The maximum absolute atomic E-state index is 14.7. The van der Waals surface area contributed by atoms with Gasteiger partial charge in [-0.05, 0) is 47.9 Å². The minimum Gasteiger partial charge on any atom is -0.467 e. The first-order valence-electron chi connectivity index (χ1n) is 10.9. The minimum atomic E-state index is -5.02. The zero-order valence-electron chi connectivity index (χ0n) is 19.7. The van der Waals surface area contributed by atoms with Crippen LogP contribution in [-0.2, 0) is 22.1 Å². The lowest BCUT2D eigenvalue weighted by molar-refractivity contribution is -0.274. The van der Waals surface area contributed by atoms with Crippen molar-refractivity contribution in [2.75, 3.05) is 12.9 Å². The molecule has 0 bridgehead atoms. The van der Waals surface area contributed by atoms with Crippen LogP contribution in [0.5, 0.6) is 5.75 Å². The number of pyridine rings is 1. The molecule has 0 fully saturated rings. The van der Waals surface area contributed by atoms with Crippen LogP contribution in [0.1, 0.15) is 28.3 Å². The first-order valence-corrected chi connectivity index (χ1v) is 11.9. The van der Waals surface area contributed by atoms with Gasteiger partial charge in [0.15, 0.2) is 0 Å². The Labute approximate surface area is 215 Å². The van der Waals surface area contributed by atoms with Crippen LogP contribution in [0, 0.1) is 12.7 Å². The molecule has 1 unspecified atom stereocenters. The molecule has 4 rings (SSSR count). The summed E-state index contributed by atoms with van der Waals surface area (Å²) in [6.07, 6.45) is -10.5. The van der Waals surface area contributed by atoms with E-state index < -0.39 is 59.2 Å². The Morgan fingerprint density at radius 3 is 2.39 bits per heavy atom. The average Bonchev–Trinajstić information content (AvgIpc) is 3.26. The van der Waals surface area contributed by atoms with Gasteiger partial charge < -0.3 is 9.47 Å². The number of esters is 1. The zero-order valence-corrected chi connectivity index (χ0v) is 20.5. The Morgan fingerprint density at radius 2 is 1.76 bits per heavy atom. The lowest BCUT2D eigenvalue weighted by Gasteiger charge is -2.21. The molecular formula is C25H18F7NO4S. The molecule has 38 heavy (non-hydrogen) atoms. The number of carbonyl (C=O) groups excluding carboxylic acids is 1. The number of alkyl halides is 6. The van der Waals surface area contributed by atoms with Crippen molar-refractivity contribution in [3.8, 4) is 16.9 Å². The van der Waals surface area contributed by atoms with Crippen LogP contribution >= 0.6 is 11.8 Å². The van der Waals surface area contributed by atoms with Crippen molar-refractivity contribution < 1.29 is 45.0 Å². The second-order valence-corrected chi connectivity index (χ2v) is 9.33. The highest BCUT2D eigenvalue weighted by Gasteiger charge is 2.38. The van der Waals surface area contributed by atoms with Crippen molar-refractivity contribution >= 4 is 17.7 Å². The Morgan fingerprint density at radius 1 is 1.08 bits per heavy atom. The molecule has 0 amide bonds. The van der Waals surface area contributed by atoms with Crippen LogP contribution in [0.2, 0.25) is 0 Å². The molecule has 0 radical (unpaired) electrons. The van der Waals surface area contributed by atoms with Crippen LogP contribution in [0.25, 0.3) is 11.1 Å². The number of carbonyl (C=O) groups is 1. The van der Waals surface area contributed by atoms with E-state index in [2.05, 4.69) is 4.74 Å². The van der Waals surface area contributed by atoms with Crippen molar-refractivity contribution in [1.82, 2.24) is 4.57 Å². The van der Waals surface area contributed by atoms with E-state index in [0.717, 1.165) is 53.8 Å². The molecule has 3 aromatic rings. The summed E-state index contributed by atoms with van der Waals surface area (Å²) in [6.45, 7) is 1.41. The van der Waals surface area contributed by atoms with Crippen LogP contribution in [0.4, 0.5) is 30.7 Å². The van der Waals surface area contributed by atoms with Crippen LogP contribution in [0.15, 0.2) is 52.3 Å². The van der Waals surface area contributed by atoms with Crippen molar-refractivity contribution in [3.05, 3.63) is 80.9 Å². The molecule has 1 aromatic heterocycles. The summed E-state index contributed by atoms with van der Waals surface area (Å²) in [5.41, 5.74) is -2.61. The third-order valence-corrected chi connectivity index (χ3v) is 7.23. The van der Waals surface area contributed by atoms with Gasteiger partial charge >= 0.3 is 18.5 Å². The van der Waals surface area contributed by atoms with E-state index in [0.29, 0.717) is 0 Å². The number of rotatable bonds is 5. The monoisotopic (exact) mass is 561 g/mol. The zero-order chi connectivity index (χ0) is 28.0. The maximum Gasteiger partial charge on any atom is 0.573 e. The van der Waals surface area contributed by atoms with Gasteiger partial charge in [0, 0.05) is 17.7 Å². The number of benzene rings is 2. The lowest BCUT2D eigenvalue weighted by atomic mass is 9.92. The SMILES string of the molecule is COC(=O)C1CSc2c(Cc3c(F)cccc3C(F)(F)F)c(C)c(-c3cccc(OC(F)(F)F)c3)c(=O)n21. The molecule has 2 aromatic carbocycles. The first-order chi connectivity index (χ1) is 17.7. The molecule has 1 aliphatic rings. The molecule has 5 nitrogen and oxygen atoms in total. The highest BCUT2D eigenvalue weighted by atomic mass is 32.2. The predicted molar refractivity (Wildman–Crippen MR) is 124 cm³/mol. The van der Waals surface area contributed by atoms with Crippen molar-refractivity contribution in [2.24, 2.45) is 0 Å². The van der Waals surface area contributed by atoms with Gasteiger partial charge in [-0.3, -0.25) is 9.36 Å². The predicted octanol–water partition coefficient (Wildman–Crippen LogP) is 6.29. The van der Waals surface area contributed by atoms with Crippen molar-refractivity contribution in [3.63, 3.8) is 0 Å². The van der Waals surface area contributed by atoms with E-state index >= 15 is 0 Å². The second-order valence-electron chi connectivity index (χ2n) is 8.32. The van der Waals surface area contributed by atoms with E-state index in [4.69, 9.17) is 4.74 Å². The molecular weight excluding hydrogens is 543 g/mol. The number of hydrogen-bond acceptors (Lipinski definition) is 5. The Balaban J connectivity index is 1.99. The summed E-state index contributed by atoms with van der Waals surface area (Å²) in [5, 5.41) is 0.144. The molecule has 0 N–H and O–H groups in total. The number of aromatic nitrogens is 1. The van der Waals surface area contributed by atoms with Gasteiger partial charge in [0.2, 0.25) is 0 Å². The van der Waals surface area contributed by atoms with Crippen LogP contribution in [-0.4, -0.2) is 29.8 Å². The second kappa shape index (κ2) is 10.0. The normalized spacial score (nSPS) is 15.3. The first kappa shape index (κ1) is 27.6. The number of methoxy groups -OCH3 is 1. The summed E-state index contributed by atoms with van der Waals surface area (Å²) in [4.78, 5) is 26.1. The van der Waals surface area contributed by atoms with Gasteiger partial charge in [0.1, 0.15) is 17.6 Å². The standard InChI is InChI=1S/C25H18F7NO4S/c1-12-15(10-16-17(24(27,28)29)7-4-8-18(16)26)22-33(19(11-38-22)23(35)36-2)21(34)20(12)13-5-3-6-14(9-13)37-25(30,31)32/h3-9,19H,10-11H2,1-2H3. The third-order valence-electron chi connectivity index (χ3n) is 6.03. The highest BCUT2D eigenvalue weighted by Crippen LogP contribution is 2.42. The molecule has 0 saturated heterocycles. The summed E-state index contributed by atoms with van der Waals surface area (Å²) < 4.78 is 104. The molecule has 0 spiro atoms. The van der Waals surface area contributed by atoms with Gasteiger partial charge in [0.05, 0.1) is 23.3 Å². The minimum absolute atomic E-state index is 0.0123. The molecule has 1 atom stereocenters. The van der Waals surface area contributed by atoms with Crippen molar-refractivity contribution in [2.45, 2.75) is 37.0 Å². The summed E-state index contributed by atoms with van der Waals surface area (Å²) in [7, 11) is 1.10. The topological polar surface area (TPSA) is 57.5 Å². The molecule has 0 saturated carbocycles. The molecule has 1 aliphatic heterocycles. The van der Waals surface area contributed by atoms with Gasteiger partial charge in [0.25, 0.3) is 5.56 Å². The average molecular weight is 561 g/mol. The largest absolute Gasteiger partial charge is 0.573 e.